The van der Waals surface area contributed by atoms with E-state index < -0.39 is 0 Å². The topological polar surface area (TPSA) is 17.1 Å². The Bertz CT molecular complexity index is 621. The summed E-state index contributed by atoms with van der Waals surface area (Å²) in [5.74, 6) is 0.747. The third-order valence-electron chi connectivity index (χ3n) is 4.27. The van der Waals surface area contributed by atoms with Gasteiger partial charge in [-0.05, 0) is 34.3 Å². The molecule has 4 aliphatic carbocycles. The summed E-state index contributed by atoms with van der Waals surface area (Å²) in [6.07, 6.45) is 17.5. The lowest BCUT2D eigenvalue weighted by molar-refractivity contribution is -0.116. The number of hydrogen-bond acceptors (Lipinski definition) is 1. The van der Waals surface area contributed by atoms with E-state index in [9.17, 15) is 4.79 Å². The Morgan fingerprint density at radius 3 is 2.83 bits per heavy atom. The number of hydrogen-bond donors (Lipinski definition) is 0. The Morgan fingerprint density at radius 1 is 1.00 bits per heavy atom. The second-order valence-electron chi connectivity index (χ2n) is 5.26. The van der Waals surface area contributed by atoms with E-state index >= 15 is 0 Å². The molecule has 1 nitrogen and oxygen atoms in total. The zero-order valence-corrected chi connectivity index (χ0v) is 10.1. The maximum Gasteiger partial charge on any atom is 0.141 e. The number of carbonyl (C=O) groups excluding carboxylic acids is 1. The fourth-order valence-electron chi connectivity index (χ4n) is 3.50. The Hall–Kier alpha value is -1.89. The Labute approximate surface area is 107 Å². The first-order chi connectivity index (χ1) is 8.84. The van der Waals surface area contributed by atoms with Gasteiger partial charge in [-0.25, -0.2) is 0 Å². The third kappa shape index (κ3) is 1.25. The number of allylic oxidation sites excluding steroid dienone is 12. The van der Waals surface area contributed by atoms with Crippen LogP contribution in [0.1, 0.15) is 19.3 Å². The van der Waals surface area contributed by atoms with Crippen LogP contribution in [-0.2, 0) is 4.79 Å². The minimum atomic E-state index is 0.373. The maximum atomic E-state index is 11.8. The van der Waals surface area contributed by atoms with Crippen LogP contribution in [-0.4, -0.2) is 5.78 Å². The van der Waals surface area contributed by atoms with Gasteiger partial charge < -0.3 is 0 Å². The van der Waals surface area contributed by atoms with Crippen molar-refractivity contribution in [1.82, 2.24) is 0 Å². The van der Waals surface area contributed by atoms with Gasteiger partial charge in [0.1, 0.15) is 5.78 Å². The first-order valence-electron chi connectivity index (χ1n) is 6.53. The highest BCUT2D eigenvalue weighted by Crippen LogP contribution is 2.48. The second kappa shape index (κ2) is 3.55. The molecule has 0 radical (unpaired) electrons. The lowest BCUT2D eigenvalue weighted by atomic mass is 9.72. The van der Waals surface area contributed by atoms with Crippen LogP contribution in [0.25, 0.3) is 0 Å². The van der Waals surface area contributed by atoms with Gasteiger partial charge in [0.2, 0.25) is 0 Å². The van der Waals surface area contributed by atoms with E-state index in [1.165, 1.54) is 27.9 Å². The van der Waals surface area contributed by atoms with E-state index in [1.54, 1.807) is 0 Å². The van der Waals surface area contributed by atoms with Crippen LogP contribution in [0, 0.1) is 5.92 Å². The largest absolute Gasteiger partial charge is 0.299 e. The molecule has 0 amide bonds. The predicted octanol–water partition coefficient (Wildman–Crippen LogP) is 3.58. The molecular formula is C17H14O. The smallest absolute Gasteiger partial charge is 0.141 e. The molecule has 0 heterocycles. The van der Waals surface area contributed by atoms with Crippen molar-refractivity contribution in [2.75, 3.05) is 0 Å². The zero-order valence-electron chi connectivity index (χ0n) is 10.1. The van der Waals surface area contributed by atoms with E-state index in [4.69, 9.17) is 0 Å². The quantitative estimate of drug-likeness (QED) is 0.626. The Morgan fingerprint density at radius 2 is 1.89 bits per heavy atom. The van der Waals surface area contributed by atoms with Crippen molar-refractivity contribution in [3.63, 3.8) is 0 Å². The molecule has 4 rings (SSSR count). The van der Waals surface area contributed by atoms with Crippen LogP contribution in [0.5, 0.6) is 0 Å². The molecule has 0 aliphatic heterocycles. The van der Waals surface area contributed by atoms with Crippen molar-refractivity contribution in [3.05, 3.63) is 70.4 Å². The molecule has 1 unspecified atom stereocenters. The van der Waals surface area contributed by atoms with E-state index in [2.05, 4.69) is 42.5 Å². The third-order valence-corrected chi connectivity index (χ3v) is 4.27. The standard InChI is InChI=1S/C17H14O/c18-11-9-16-14-7-3-1-5-12(14)13-6-2-4-8-15(13)17(16)10-11/h1-7,12H,8-10H2. The monoisotopic (exact) mass is 234 g/mol. The van der Waals surface area contributed by atoms with Crippen molar-refractivity contribution < 1.29 is 4.79 Å². The van der Waals surface area contributed by atoms with Crippen LogP contribution in [0.2, 0.25) is 0 Å². The van der Waals surface area contributed by atoms with Crippen LogP contribution >= 0.6 is 0 Å². The van der Waals surface area contributed by atoms with E-state index in [-0.39, 0.29) is 0 Å². The summed E-state index contributed by atoms with van der Waals surface area (Å²) < 4.78 is 0. The maximum absolute atomic E-state index is 11.8. The highest BCUT2D eigenvalue weighted by molar-refractivity contribution is 5.92. The molecule has 1 fully saturated rings. The molecule has 0 aromatic carbocycles. The molecular weight excluding hydrogens is 220 g/mol. The highest BCUT2D eigenvalue weighted by atomic mass is 16.1. The van der Waals surface area contributed by atoms with Crippen LogP contribution < -0.4 is 0 Å². The number of carbonyl (C=O) groups is 1. The number of ketones is 1. The van der Waals surface area contributed by atoms with Crippen molar-refractivity contribution in [1.29, 1.82) is 0 Å². The minimum Gasteiger partial charge on any atom is -0.299 e. The molecule has 88 valence electrons. The van der Waals surface area contributed by atoms with Gasteiger partial charge in [0, 0.05) is 18.8 Å². The Balaban J connectivity index is 2.00. The summed E-state index contributed by atoms with van der Waals surface area (Å²) >= 11 is 0. The van der Waals surface area contributed by atoms with Gasteiger partial charge >= 0.3 is 0 Å². The zero-order chi connectivity index (χ0) is 12.1. The molecule has 0 N–H and O–H groups in total. The lowest BCUT2D eigenvalue weighted by Crippen LogP contribution is -2.17. The molecule has 1 heteroatoms. The summed E-state index contributed by atoms with van der Waals surface area (Å²) in [7, 11) is 0. The molecule has 4 aliphatic rings. The SMILES string of the molecule is O=C1CC2=C3CC=CC=C3C3C=CC=CC3=C2C1. The van der Waals surface area contributed by atoms with Crippen molar-refractivity contribution >= 4 is 5.78 Å². The summed E-state index contributed by atoms with van der Waals surface area (Å²) in [4.78, 5) is 11.8. The minimum absolute atomic E-state index is 0.373. The Kier molecular flexibility index (Phi) is 1.99. The predicted molar refractivity (Wildman–Crippen MR) is 71.9 cm³/mol. The molecule has 0 aromatic heterocycles. The fraction of sp³-hybridized carbons (Fsp3) is 0.235. The van der Waals surface area contributed by atoms with Gasteiger partial charge in [-0.1, -0.05) is 42.5 Å². The molecule has 0 saturated heterocycles. The van der Waals surface area contributed by atoms with E-state index in [0.29, 0.717) is 24.5 Å². The molecule has 0 aromatic rings. The van der Waals surface area contributed by atoms with Gasteiger partial charge in [-0.15, -0.1) is 0 Å². The first kappa shape index (κ1) is 10.1. The summed E-state index contributed by atoms with van der Waals surface area (Å²) in [6, 6.07) is 0. The van der Waals surface area contributed by atoms with Crippen LogP contribution in [0.15, 0.2) is 70.4 Å². The van der Waals surface area contributed by atoms with E-state index in [1.807, 2.05) is 0 Å². The van der Waals surface area contributed by atoms with Gasteiger partial charge in [-0.2, -0.15) is 0 Å². The van der Waals surface area contributed by atoms with Crippen molar-refractivity contribution in [2.24, 2.45) is 5.92 Å². The summed E-state index contributed by atoms with van der Waals surface area (Å²) in [6.45, 7) is 0. The number of fused-ring (bicyclic) bond motifs is 4. The van der Waals surface area contributed by atoms with Gasteiger partial charge in [0.15, 0.2) is 0 Å². The van der Waals surface area contributed by atoms with Crippen molar-refractivity contribution in [2.45, 2.75) is 19.3 Å². The van der Waals surface area contributed by atoms with E-state index in [0.717, 1.165) is 6.42 Å². The number of rotatable bonds is 0. The average molecular weight is 234 g/mol. The van der Waals surface area contributed by atoms with Crippen LogP contribution in [0.4, 0.5) is 0 Å². The first-order valence-corrected chi connectivity index (χ1v) is 6.53. The van der Waals surface area contributed by atoms with Gasteiger partial charge in [0.05, 0.1) is 0 Å². The van der Waals surface area contributed by atoms with Gasteiger partial charge in [-0.3, -0.25) is 4.79 Å². The average Bonchev–Trinajstić information content (AvgIpc) is 2.81. The van der Waals surface area contributed by atoms with Gasteiger partial charge in [0.25, 0.3) is 0 Å². The molecule has 0 bridgehead atoms. The summed E-state index contributed by atoms with van der Waals surface area (Å²) in [5, 5.41) is 0. The normalized spacial score (nSPS) is 28.3. The highest BCUT2D eigenvalue weighted by Gasteiger charge is 2.35. The fourth-order valence-corrected chi connectivity index (χ4v) is 3.50. The molecule has 0 spiro atoms. The molecule has 18 heavy (non-hydrogen) atoms. The van der Waals surface area contributed by atoms with Crippen LogP contribution in [0.3, 0.4) is 0 Å². The lowest BCUT2D eigenvalue weighted by Gasteiger charge is -2.32. The van der Waals surface area contributed by atoms with Crippen molar-refractivity contribution in [3.8, 4) is 0 Å². The summed E-state index contributed by atoms with van der Waals surface area (Å²) in [5.41, 5.74) is 6.80. The molecule has 1 saturated carbocycles. The number of Topliss-reactive ketones (excluding diaryl/α,β-unsaturated/α-hetero) is 1. The second-order valence-corrected chi connectivity index (χ2v) is 5.26. The molecule has 1 atom stereocenters.